The van der Waals surface area contributed by atoms with Crippen LogP contribution in [0.25, 0.3) is 0 Å². The summed E-state index contributed by atoms with van der Waals surface area (Å²) in [6.45, 7) is 6.51. The average Bonchev–Trinajstić information content (AvgIpc) is 2.72. The topological polar surface area (TPSA) is 70.5 Å². The monoisotopic (exact) mass is 404 g/mol. The van der Waals surface area contributed by atoms with E-state index in [1.54, 1.807) is 6.07 Å². The summed E-state index contributed by atoms with van der Waals surface area (Å²) in [5.41, 5.74) is 0.532. The van der Waals surface area contributed by atoms with Crippen molar-refractivity contribution in [1.29, 1.82) is 0 Å². The van der Waals surface area contributed by atoms with Gasteiger partial charge in [-0.3, -0.25) is 4.79 Å². The van der Waals surface area contributed by atoms with Crippen LogP contribution in [0.4, 0.5) is 0 Å². The number of ether oxygens (including phenoxy) is 3. The predicted molar refractivity (Wildman–Crippen MR) is 110 cm³/mol. The summed E-state index contributed by atoms with van der Waals surface area (Å²) in [7, 11) is 3.06. The van der Waals surface area contributed by atoms with Gasteiger partial charge in [0.25, 0.3) is 0 Å². The summed E-state index contributed by atoms with van der Waals surface area (Å²) in [4.78, 5) is 21.7. The van der Waals surface area contributed by atoms with Gasteiger partial charge in [0.1, 0.15) is 5.25 Å². The lowest BCUT2D eigenvalue weighted by atomic mass is 9.81. The number of esters is 1. The minimum absolute atomic E-state index is 0.280. The molecule has 0 saturated carbocycles. The van der Waals surface area contributed by atoms with Crippen molar-refractivity contribution in [2.75, 3.05) is 20.8 Å². The molecule has 0 spiro atoms. The fourth-order valence-electron chi connectivity index (χ4n) is 2.65. The molecule has 0 N–H and O–H groups in total. The molecule has 2 aromatic rings. The maximum Gasteiger partial charge on any atom is 0.320 e. The Balaban J connectivity index is 2.37. The fourth-order valence-corrected chi connectivity index (χ4v) is 3.74. The molecule has 0 saturated heterocycles. The molecule has 152 valence electrons. The molecule has 1 heterocycles. The van der Waals surface area contributed by atoms with E-state index in [4.69, 9.17) is 14.2 Å². The standard InChI is InChI=1S/C21H28N2O4S/c1-6-7-13-27-19(24)18(21(2,3)15-11-9-8-10-12-15)28-20-22-16(25-4)14-17(23-20)26-5/h8-12,14,18H,6-7,13H2,1-5H3. The van der Waals surface area contributed by atoms with E-state index in [-0.39, 0.29) is 5.97 Å². The van der Waals surface area contributed by atoms with Gasteiger partial charge in [-0.05, 0) is 12.0 Å². The number of rotatable bonds is 10. The zero-order valence-electron chi connectivity index (χ0n) is 17.1. The molecule has 28 heavy (non-hydrogen) atoms. The number of nitrogens with zero attached hydrogens (tertiary/aromatic N) is 2. The second-order valence-electron chi connectivity index (χ2n) is 6.84. The van der Waals surface area contributed by atoms with Gasteiger partial charge in [0.05, 0.1) is 26.9 Å². The van der Waals surface area contributed by atoms with E-state index < -0.39 is 10.7 Å². The first-order valence-corrected chi connectivity index (χ1v) is 10.2. The van der Waals surface area contributed by atoms with Crippen molar-refractivity contribution in [3.63, 3.8) is 0 Å². The van der Waals surface area contributed by atoms with E-state index in [1.807, 2.05) is 44.2 Å². The summed E-state index contributed by atoms with van der Waals surface area (Å²) in [6, 6.07) is 11.5. The van der Waals surface area contributed by atoms with Crippen LogP contribution in [0.3, 0.4) is 0 Å². The highest BCUT2D eigenvalue weighted by atomic mass is 32.2. The van der Waals surface area contributed by atoms with Gasteiger partial charge >= 0.3 is 5.97 Å². The van der Waals surface area contributed by atoms with E-state index >= 15 is 0 Å². The Hall–Kier alpha value is -2.28. The third-order valence-electron chi connectivity index (χ3n) is 4.43. The van der Waals surface area contributed by atoms with Crippen LogP contribution < -0.4 is 9.47 Å². The smallest absolute Gasteiger partial charge is 0.320 e. The Morgan fingerprint density at radius 3 is 2.25 bits per heavy atom. The molecule has 2 rings (SSSR count). The first-order chi connectivity index (χ1) is 13.4. The number of aromatic nitrogens is 2. The first-order valence-electron chi connectivity index (χ1n) is 9.28. The van der Waals surface area contributed by atoms with E-state index in [1.165, 1.54) is 26.0 Å². The molecule has 1 aromatic carbocycles. The minimum Gasteiger partial charge on any atom is -0.481 e. The highest BCUT2D eigenvalue weighted by Gasteiger charge is 2.39. The highest BCUT2D eigenvalue weighted by Crippen LogP contribution is 2.39. The molecular formula is C21H28N2O4S. The largest absolute Gasteiger partial charge is 0.481 e. The molecule has 0 bridgehead atoms. The van der Waals surface area contributed by atoms with Crippen molar-refractivity contribution < 1.29 is 19.0 Å². The van der Waals surface area contributed by atoms with Gasteiger partial charge < -0.3 is 14.2 Å². The summed E-state index contributed by atoms with van der Waals surface area (Å²) in [5, 5.41) is -0.138. The van der Waals surface area contributed by atoms with E-state index in [0.29, 0.717) is 23.5 Å². The Labute approximate surface area is 171 Å². The maximum atomic E-state index is 13.0. The van der Waals surface area contributed by atoms with Gasteiger partial charge in [-0.15, -0.1) is 0 Å². The molecule has 0 aliphatic carbocycles. The lowest BCUT2D eigenvalue weighted by Gasteiger charge is -2.32. The number of hydrogen-bond acceptors (Lipinski definition) is 7. The van der Waals surface area contributed by atoms with Crippen molar-refractivity contribution in [2.45, 2.75) is 49.4 Å². The van der Waals surface area contributed by atoms with Gasteiger partial charge in [0, 0.05) is 5.41 Å². The van der Waals surface area contributed by atoms with Crippen molar-refractivity contribution in [3.8, 4) is 11.8 Å². The Kier molecular flexibility index (Phi) is 8.11. The lowest BCUT2D eigenvalue weighted by molar-refractivity contribution is -0.144. The van der Waals surface area contributed by atoms with Crippen LogP contribution in [0.1, 0.15) is 39.2 Å². The summed E-state index contributed by atoms with van der Waals surface area (Å²) >= 11 is 1.26. The molecule has 1 unspecified atom stereocenters. The summed E-state index contributed by atoms with van der Waals surface area (Å²) in [5.74, 6) is 0.479. The molecule has 0 aliphatic rings. The van der Waals surface area contributed by atoms with E-state index in [0.717, 1.165) is 18.4 Å². The molecule has 1 aromatic heterocycles. The Bertz CT molecular complexity index is 746. The van der Waals surface area contributed by atoms with Crippen LogP contribution in [-0.2, 0) is 14.9 Å². The molecule has 0 amide bonds. The highest BCUT2D eigenvalue weighted by molar-refractivity contribution is 8.00. The van der Waals surface area contributed by atoms with Gasteiger partial charge in [-0.1, -0.05) is 69.3 Å². The average molecular weight is 405 g/mol. The quantitative estimate of drug-likeness (QED) is 0.253. The van der Waals surface area contributed by atoms with E-state index in [2.05, 4.69) is 16.9 Å². The Morgan fingerprint density at radius 2 is 1.71 bits per heavy atom. The number of carbonyl (C=O) groups is 1. The van der Waals surface area contributed by atoms with Gasteiger partial charge in [0.15, 0.2) is 5.16 Å². The second kappa shape index (κ2) is 10.3. The first kappa shape index (κ1) is 22.0. The van der Waals surface area contributed by atoms with Crippen LogP contribution in [0, 0.1) is 0 Å². The van der Waals surface area contributed by atoms with Crippen LogP contribution in [0.2, 0.25) is 0 Å². The number of methoxy groups -OCH3 is 2. The van der Waals surface area contributed by atoms with Gasteiger partial charge in [0.2, 0.25) is 11.8 Å². The number of benzene rings is 1. The molecule has 0 radical (unpaired) electrons. The normalized spacial score (nSPS) is 12.3. The maximum absolute atomic E-state index is 13.0. The third-order valence-corrected chi connectivity index (χ3v) is 5.84. The van der Waals surface area contributed by atoms with Crippen LogP contribution >= 0.6 is 11.8 Å². The van der Waals surface area contributed by atoms with E-state index in [9.17, 15) is 4.79 Å². The third kappa shape index (κ3) is 5.61. The van der Waals surface area contributed by atoms with Gasteiger partial charge in [-0.25, -0.2) is 0 Å². The van der Waals surface area contributed by atoms with Crippen molar-refractivity contribution in [1.82, 2.24) is 9.97 Å². The van der Waals surface area contributed by atoms with Crippen LogP contribution in [0.5, 0.6) is 11.8 Å². The molecular weight excluding hydrogens is 376 g/mol. The molecule has 0 aliphatic heterocycles. The zero-order valence-corrected chi connectivity index (χ0v) is 17.9. The minimum atomic E-state index is -0.538. The molecule has 7 heteroatoms. The molecule has 1 atom stereocenters. The van der Waals surface area contributed by atoms with Gasteiger partial charge in [-0.2, -0.15) is 9.97 Å². The number of hydrogen-bond donors (Lipinski definition) is 0. The predicted octanol–water partition coefficient (Wildman–Crippen LogP) is 4.28. The number of unbranched alkanes of at least 4 members (excludes halogenated alkanes) is 1. The van der Waals surface area contributed by atoms with Crippen molar-refractivity contribution in [2.24, 2.45) is 0 Å². The number of thioether (sulfide) groups is 1. The van der Waals surface area contributed by atoms with Crippen LogP contribution in [0.15, 0.2) is 41.6 Å². The van der Waals surface area contributed by atoms with Crippen molar-refractivity contribution in [3.05, 3.63) is 42.0 Å². The SMILES string of the molecule is CCCCOC(=O)C(Sc1nc(OC)cc(OC)n1)C(C)(C)c1ccccc1. The second-order valence-corrected chi connectivity index (χ2v) is 7.91. The summed E-state index contributed by atoms with van der Waals surface area (Å²) < 4.78 is 16.0. The summed E-state index contributed by atoms with van der Waals surface area (Å²) in [6.07, 6.45) is 1.79. The lowest BCUT2D eigenvalue weighted by Crippen LogP contribution is -2.39. The fraction of sp³-hybridized carbons (Fsp3) is 0.476. The number of carbonyl (C=O) groups excluding carboxylic acids is 1. The Morgan fingerprint density at radius 1 is 1.11 bits per heavy atom. The van der Waals surface area contributed by atoms with Crippen molar-refractivity contribution >= 4 is 17.7 Å². The molecule has 0 fully saturated rings. The molecule has 6 nitrogen and oxygen atoms in total. The zero-order chi connectivity index (χ0) is 20.6. The van der Waals surface area contributed by atoms with Crippen LogP contribution in [-0.4, -0.2) is 42.0 Å².